The monoisotopic (exact) mass is 736 g/mol. The van der Waals surface area contributed by atoms with Gasteiger partial charge in [0.05, 0.1) is 23.9 Å². The molecule has 0 bridgehead atoms. The number of unbranched alkanes of at least 4 members (excludes halogenated alkanes) is 16. The molecule has 2 fully saturated rings. The molecule has 0 aromatic carbocycles. The first-order valence-corrected chi connectivity index (χ1v) is 22.1. The number of rotatable bonds is 31. The standard InChI is InChI=1S/C44H81NO7/c1-7-11-15-19-21-25-29-36(27-23-17-13-9-3)41(46)51-39-34-49-38(33-50-43(48)44(5)31-32-45(6)35-44)40(39)52-42(47)37(28-24-18-14-10-4)30-26-22-20-16-12-8-2/h36-40H,7-35H2,1-6H3/t36?,37?,38-,39+,40+,44?/m1/s1. The molecule has 6 atom stereocenters. The molecule has 2 aliphatic heterocycles. The number of carbonyl (C=O) groups is 3. The fourth-order valence-corrected chi connectivity index (χ4v) is 7.95. The molecule has 0 aliphatic carbocycles. The van der Waals surface area contributed by atoms with Gasteiger partial charge in [-0.2, -0.15) is 0 Å². The second kappa shape index (κ2) is 27.8. The van der Waals surface area contributed by atoms with E-state index in [1.807, 2.05) is 14.0 Å². The maximum Gasteiger partial charge on any atom is 0.313 e. The average molecular weight is 736 g/mol. The summed E-state index contributed by atoms with van der Waals surface area (Å²) in [4.78, 5) is 43.3. The molecule has 0 aromatic rings. The van der Waals surface area contributed by atoms with Crippen molar-refractivity contribution >= 4 is 17.9 Å². The molecule has 2 saturated heterocycles. The number of nitrogens with zero attached hydrogens (tertiary/aromatic N) is 1. The molecule has 2 rings (SSSR count). The smallest absolute Gasteiger partial charge is 0.313 e. The van der Waals surface area contributed by atoms with Gasteiger partial charge in [-0.1, -0.05) is 156 Å². The second-order valence-electron chi connectivity index (χ2n) is 16.6. The van der Waals surface area contributed by atoms with E-state index in [0.29, 0.717) is 6.54 Å². The average Bonchev–Trinajstić information content (AvgIpc) is 3.69. The Morgan fingerprint density at radius 1 is 0.654 bits per heavy atom. The van der Waals surface area contributed by atoms with Crippen LogP contribution in [-0.4, -0.2) is 74.5 Å². The minimum Gasteiger partial charge on any atom is -0.462 e. The van der Waals surface area contributed by atoms with E-state index in [0.717, 1.165) is 109 Å². The molecule has 0 aromatic heterocycles. The first-order valence-electron chi connectivity index (χ1n) is 22.1. The number of likely N-dealkylation sites (tertiary alicyclic amines) is 1. The van der Waals surface area contributed by atoms with Crippen molar-refractivity contribution in [1.29, 1.82) is 0 Å². The highest BCUT2D eigenvalue weighted by atomic mass is 16.6. The third kappa shape index (κ3) is 18.1. The van der Waals surface area contributed by atoms with Gasteiger partial charge in [0.25, 0.3) is 0 Å². The van der Waals surface area contributed by atoms with Gasteiger partial charge in [-0.25, -0.2) is 0 Å². The third-order valence-electron chi connectivity index (χ3n) is 11.6. The summed E-state index contributed by atoms with van der Waals surface area (Å²) in [6, 6.07) is 0. The van der Waals surface area contributed by atoms with E-state index < -0.39 is 23.7 Å². The Balaban J connectivity index is 2.17. The van der Waals surface area contributed by atoms with Crippen LogP contribution in [0.2, 0.25) is 0 Å². The molecule has 0 spiro atoms. The van der Waals surface area contributed by atoms with Gasteiger partial charge in [0.15, 0.2) is 12.2 Å². The third-order valence-corrected chi connectivity index (χ3v) is 11.6. The fourth-order valence-electron chi connectivity index (χ4n) is 7.95. The van der Waals surface area contributed by atoms with Gasteiger partial charge in [-0.05, 0) is 52.6 Å². The Bertz CT molecular complexity index is 959. The van der Waals surface area contributed by atoms with Crippen LogP contribution in [0.25, 0.3) is 0 Å². The zero-order valence-electron chi connectivity index (χ0n) is 34.7. The largest absolute Gasteiger partial charge is 0.462 e. The maximum absolute atomic E-state index is 14.0. The minimum atomic E-state index is -0.805. The summed E-state index contributed by atoms with van der Waals surface area (Å²) in [6.45, 7) is 12.4. The van der Waals surface area contributed by atoms with Crippen molar-refractivity contribution in [3.8, 4) is 0 Å². The lowest BCUT2D eigenvalue weighted by atomic mass is 9.90. The van der Waals surface area contributed by atoms with Crippen LogP contribution in [0.4, 0.5) is 0 Å². The quantitative estimate of drug-likeness (QED) is 0.0395. The van der Waals surface area contributed by atoms with E-state index in [2.05, 4.69) is 32.6 Å². The molecule has 3 unspecified atom stereocenters. The maximum atomic E-state index is 14.0. The molecule has 2 aliphatic rings. The van der Waals surface area contributed by atoms with Crippen molar-refractivity contribution in [2.45, 2.75) is 213 Å². The van der Waals surface area contributed by atoms with Crippen LogP contribution in [0.15, 0.2) is 0 Å². The Morgan fingerprint density at radius 3 is 1.52 bits per heavy atom. The van der Waals surface area contributed by atoms with Crippen LogP contribution in [0, 0.1) is 17.3 Å². The Morgan fingerprint density at radius 2 is 1.08 bits per heavy atom. The molecule has 304 valence electrons. The topological polar surface area (TPSA) is 91.4 Å². The van der Waals surface area contributed by atoms with Crippen LogP contribution in [0.3, 0.4) is 0 Å². The van der Waals surface area contributed by atoms with Gasteiger partial charge in [-0.15, -0.1) is 0 Å². The van der Waals surface area contributed by atoms with Crippen molar-refractivity contribution in [2.75, 3.05) is 33.4 Å². The van der Waals surface area contributed by atoms with Gasteiger partial charge in [0.2, 0.25) is 0 Å². The van der Waals surface area contributed by atoms with Gasteiger partial charge in [0.1, 0.15) is 12.7 Å². The van der Waals surface area contributed by atoms with E-state index >= 15 is 0 Å². The van der Waals surface area contributed by atoms with Gasteiger partial charge >= 0.3 is 17.9 Å². The van der Waals surface area contributed by atoms with Crippen molar-refractivity contribution in [3.63, 3.8) is 0 Å². The lowest BCUT2D eigenvalue weighted by Gasteiger charge is -2.28. The van der Waals surface area contributed by atoms with Gasteiger partial charge in [0, 0.05) is 6.54 Å². The molecule has 2 heterocycles. The molecule has 0 saturated carbocycles. The Labute approximate surface area is 319 Å². The van der Waals surface area contributed by atoms with Gasteiger partial charge < -0.3 is 23.8 Å². The van der Waals surface area contributed by atoms with Crippen LogP contribution in [-0.2, 0) is 33.3 Å². The van der Waals surface area contributed by atoms with E-state index in [-0.39, 0.29) is 43.0 Å². The summed E-state index contributed by atoms with van der Waals surface area (Å²) in [5, 5.41) is 0. The van der Waals surface area contributed by atoms with Crippen molar-refractivity contribution in [3.05, 3.63) is 0 Å². The van der Waals surface area contributed by atoms with Crippen LogP contribution in [0.5, 0.6) is 0 Å². The number of ether oxygens (including phenoxy) is 4. The molecule has 52 heavy (non-hydrogen) atoms. The summed E-state index contributed by atoms with van der Waals surface area (Å²) in [6.07, 6.45) is 24.7. The summed E-state index contributed by atoms with van der Waals surface area (Å²) >= 11 is 0. The molecule has 0 N–H and O–H groups in total. The first kappa shape index (κ1) is 46.5. The van der Waals surface area contributed by atoms with E-state index in [1.54, 1.807) is 0 Å². The molecule has 8 heteroatoms. The van der Waals surface area contributed by atoms with E-state index in [9.17, 15) is 14.4 Å². The Hall–Kier alpha value is -1.67. The number of hydrogen-bond acceptors (Lipinski definition) is 8. The zero-order valence-corrected chi connectivity index (χ0v) is 34.7. The van der Waals surface area contributed by atoms with Crippen LogP contribution < -0.4 is 0 Å². The zero-order chi connectivity index (χ0) is 38.0. The molecular weight excluding hydrogens is 654 g/mol. The lowest BCUT2D eigenvalue weighted by molar-refractivity contribution is -0.174. The second-order valence-corrected chi connectivity index (χ2v) is 16.6. The minimum absolute atomic E-state index is 0.0268. The highest BCUT2D eigenvalue weighted by molar-refractivity contribution is 5.77. The van der Waals surface area contributed by atoms with Crippen molar-refractivity contribution in [1.82, 2.24) is 4.90 Å². The van der Waals surface area contributed by atoms with Crippen LogP contribution in [0.1, 0.15) is 195 Å². The van der Waals surface area contributed by atoms with Gasteiger partial charge in [-0.3, -0.25) is 14.4 Å². The number of esters is 3. The Kier molecular flexibility index (Phi) is 24.9. The number of carbonyl (C=O) groups excluding carboxylic acids is 3. The molecule has 0 radical (unpaired) electrons. The highest BCUT2D eigenvalue weighted by Crippen LogP contribution is 2.32. The predicted molar refractivity (Wildman–Crippen MR) is 211 cm³/mol. The normalized spacial score (nSPS) is 23.1. The summed E-state index contributed by atoms with van der Waals surface area (Å²) < 4.78 is 24.6. The van der Waals surface area contributed by atoms with Crippen molar-refractivity contribution in [2.24, 2.45) is 17.3 Å². The molecule has 0 amide bonds. The number of hydrogen-bond donors (Lipinski definition) is 0. The molecule has 8 nitrogen and oxygen atoms in total. The van der Waals surface area contributed by atoms with Crippen LogP contribution >= 0.6 is 0 Å². The first-order chi connectivity index (χ1) is 25.2. The van der Waals surface area contributed by atoms with E-state index in [1.165, 1.54) is 57.8 Å². The predicted octanol–water partition coefficient (Wildman–Crippen LogP) is 10.8. The van der Waals surface area contributed by atoms with E-state index in [4.69, 9.17) is 18.9 Å². The fraction of sp³-hybridized carbons (Fsp3) is 0.932. The summed E-state index contributed by atoms with van der Waals surface area (Å²) in [5.41, 5.74) is -0.576. The molecular formula is C44H81NO7. The summed E-state index contributed by atoms with van der Waals surface area (Å²) in [5.74, 6) is -1.06. The van der Waals surface area contributed by atoms with Crippen molar-refractivity contribution < 1.29 is 33.3 Å². The SMILES string of the molecule is CCCCCCCCC(CCCCCC)C(=O)O[C@@H]1[C@@H](OC(=O)C(CCCCCC)CCCCCCCC)CO[C@@H]1COC(=O)C1(C)CCN(C)C1. The summed E-state index contributed by atoms with van der Waals surface area (Å²) in [7, 11) is 2.01. The lowest BCUT2D eigenvalue weighted by Crippen LogP contribution is -2.43. The highest BCUT2D eigenvalue weighted by Gasteiger charge is 2.46.